The molecule has 0 aliphatic carbocycles. The summed E-state index contributed by atoms with van der Waals surface area (Å²) >= 11 is 20.4. The van der Waals surface area contributed by atoms with Crippen LogP contribution in [0.2, 0.25) is 10.0 Å². The maximum Gasteiger partial charge on any atom is 0.138 e. The van der Waals surface area contributed by atoms with Crippen molar-refractivity contribution in [1.29, 1.82) is 0 Å². The molecular formula is C12H8Br2Cl2O2S. The summed E-state index contributed by atoms with van der Waals surface area (Å²) in [5.41, 5.74) is 0.550. The Hall–Kier alpha value is 0.220. The number of aliphatic hydroxyl groups excluding tert-OH is 1. The van der Waals surface area contributed by atoms with Crippen molar-refractivity contribution in [2.45, 2.75) is 6.10 Å². The van der Waals surface area contributed by atoms with Gasteiger partial charge in [0.25, 0.3) is 0 Å². The number of halogens is 4. The minimum absolute atomic E-state index is 0.411. The first-order valence-electron chi connectivity index (χ1n) is 5.09. The van der Waals surface area contributed by atoms with E-state index in [0.717, 1.165) is 13.1 Å². The van der Waals surface area contributed by atoms with Gasteiger partial charge < -0.3 is 9.84 Å². The average Bonchev–Trinajstić information content (AvgIpc) is 2.71. The highest BCUT2D eigenvalue weighted by Gasteiger charge is 2.19. The molecule has 1 atom stereocenters. The van der Waals surface area contributed by atoms with E-state index in [1.807, 2.05) is 6.07 Å². The molecule has 0 radical (unpaired) electrons. The first-order valence-corrected chi connectivity index (χ1v) is 8.25. The normalized spacial score (nSPS) is 12.5. The predicted octanol–water partition coefficient (Wildman–Crippen LogP) is 5.67. The number of ether oxygens (including phenoxy) is 1. The summed E-state index contributed by atoms with van der Waals surface area (Å²) < 4.78 is 6.88. The molecule has 0 saturated heterocycles. The Kier molecular flexibility index (Phi) is 5.20. The Morgan fingerprint density at radius 1 is 1.21 bits per heavy atom. The Morgan fingerprint density at radius 2 is 1.89 bits per heavy atom. The topological polar surface area (TPSA) is 29.5 Å². The van der Waals surface area contributed by atoms with Crippen molar-refractivity contribution in [3.63, 3.8) is 0 Å². The number of rotatable bonds is 3. The Labute approximate surface area is 141 Å². The van der Waals surface area contributed by atoms with Crippen LogP contribution in [0.15, 0.2) is 26.5 Å². The highest BCUT2D eigenvalue weighted by molar-refractivity contribution is 9.13. The van der Waals surface area contributed by atoms with Crippen LogP contribution in [0.3, 0.4) is 0 Å². The molecule has 0 saturated carbocycles. The van der Waals surface area contributed by atoms with Gasteiger partial charge in [-0.2, -0.15) is 0 Å². The first-order chi connectivity index (χ1) is 8.93. The fourth-order valence-corrected chi connectivity index (χ4v) is 4.16. The van der Waals surface area contributed by atoms with E-state index in [-0.39, 0.29) is 0 Å². The maximum atomic E-state index is 10.4. The second-order valence-electron chi connectivity index (χ2n) is 3.68. The summed E-state index contributed by atoms with van der Waals surface area (Å²) in [5, 5.41) is 11.2. The van der Waals surface area contributed by atoms with Crippen LogP contribution in [0.4, 0.5) is 0 Å². The molecule has 2 rings (SSSR count). The summed E-state index contributed by atoms with van der Waals surface area (Å²) in [6, 6.07) is 5.06. The van der Waals surface area contributed by atoms with Crippen molar-refractivity contribution < 1.29 is 9.84 Å². The largest absolute Gasteiger partial charge is 0.495 e. The van der Waals surface area contributed by atoms with Crippen LogP contribution < -0.4 is 4.74 Å². The van der Waals surface area contributed by atoms with Crippen LogP contribution in [0.1, 0.15) is 16.5 Å². The van der Waals surface area contributed by atoms with Gasteiger partial charge in [0, 0.05) is 21.0 Å². The molecule has 1 heterocycles. The van der Waals surface area contributed by atoms with Crippen LogP contribution in [-0.4, -0.2) is 12.2 Å². The molecule has 1 aromatic carbocycles. The fraction of sp³-hybridized carbons (Fsp3) is 0.167. The van der Waals surface area contributed by atoms with E-state index in [1.54, 1.807) is 12.1 Å². The van der Waals surface area contributed by atoms with Crippen LogP contribution in [0.5, 0.6) is 5.75 Å². The quantitative estimate of drug-likeness (QED) is 0.658. The second-order valence-corrected chi connectivity index (χ2v) is 7.75. The molecular weight excluding hydrogens is 439 g/mol. The number of aliphatic hydroxyl groups is 1. The minimum Gasteiger partial charge on any atom is -0.495 e. The summed E-state index contributed by atoms with van der Waals surface area (Å²) in [6.07, 6.45) is -0.830. The highest BCUT2D eigenvalue weighted by Crippen LogP contribution is 2.41. The summed E-state index contributed by atoms with van der Waals surface area (Å²) in [4.78, 5) is 0.766. The second kappa shape index (κ2) is 6.33. The summed E-state index contributed by atoms with van der Waals surface area (Å²) in [5.74, 6) is 0.483. The number of benzene rings is 1. The van der Waals surface area contributed by atoms with Gasteiger partial charge in [0.2, 0.25) is 0 Å². The van der Waals surface area contributed by atoms with Crippen molar-refractivity contribution in [2.75, 3.05) is 7.11 Å². The molecule has 7 heteroatoms. The zero-order valence-corrected chi connectivity index (χ0v) is 15.1. The van der Waals surface area contributed by atoms with E-state index < -0.39 is 6.10 Å². The smallest absolute Gasteiger partial charge is 0.138 e. The molecule has 102 valence electrons. The third kappa shape index (κ3) is 3.28. The van der Waals surface area contributed by atoms with Crippen molar-refractivity contribution in [2.24, 2.45) is 0 Å². The lowest BCUT2D eigenvalue weighted by Crippen LogP contribution is -1.99. The molecule has 0 spiro atoms. The highest BCUT2D eigenvalue weighted by atomic mass is 79.9. The Morgan fingerprint density at radius 3 is 2.42 bits per heavy atom. The molecule has 2 nitrogen and oxygen atoms in total. The molecule has 19 heavy (non-hydrogen) atoms. The van der Waals surface area contributed by atoms with Crippen LogP contribution in [-0.2, 0) is 0 Å². The van der Waals surface area contributed by atoms with Crippen molar-refractivity contribution in [3.05, 3.63) is 46.9 Å². The Bertz CT molecular complexity index is 597. The van der Waals surface area contributed by atoms with Gasteiger partial charge in [-0.1, -0.05) is 23.2 Å². The average molecular weight is 447 g/mol. The Balaban J connectivity index is 2.44. The van der Waals surface area contributed by atoms with Crippen LogP contribution >= 0.6 is 66.4 Å². The lowest BCUT2D eigenvalue weighted by Gasteiger charge is -2.13. The summed E-state index contributed by atoms with van der Waals surface area (Å²) in [7, 11) is 1.52. The van der Waals surface area contributed by atoms with Crippen LogP contribution in [0, 0.1) is 0 Å². The molecule has 0 aliphatic heterocycles. The third-order valence-corrected chi connectivity index (χ3v) is 6.43. The number of hydrogen-bond acceptors (Lipinski definition) is 3. The number of methoxy groups -OCH3 is 1. The van der Waals surface area contributed by atoms with Crippen LogP contribution in [0.25, 0.3) is 0 Å². The third-order valence-electron chi connectivity index (χ3n) is 2.50. The van der Waals surface area contributed by atoms with Gasteiger partial charge >= 0.3 is 0 Å². The molecule has 2 aromatic rings. The van der Waals surface area contributed by atoms with Gasteiger partial charge in [0.15, 0.2) is 0 Å². The molecule has 0 aliphatic rings. The predicted molar refractivity (Wildman–Crippen MR) is 86.8 cm³/mol. The molecule has 1 aromatic heterocycles. The van der Waals surface area contributed by atoms with E-state index >= 15 is 0 Å². The number of thiophene rings is 1. The monoisotopic (exact) mass is 444 g/mol. The minimum atomic E-state index is -0.830. The first kappa shape index (κ1) is 15.6. The summed E-state index contributed by atoms with van der Waals surface area (Å²) in [6.45, 7) is 0. The van der Waals surface area contributed by atoms with Gasteiger partial charge in [-0.25, -0.2) is 0 Å². The van der Waals surface area contributed by atoms with Gasteiger partial charge in [-0.05, 0) is 44.0 Å². The molecule has 0 fully saturated rings. The van der Waals surface area contributed by atoms with Gasteiger partial charge in [0.05, 0.1) is 20.9 Å². The molecule has 0 amide bonds. The zero-order chi connectivity index (χ0) is 14.2. The molecule has 0 bridgehead atoms. The lowest BCUT2D eigenvalue weighted by atomic mass is 10.1. The molecule has 1 N–H and O–H groups in total. The van der Waals surface area contributed by atoms with Gasteiger partial charge in [0.1, 0.15) is 11.9 Å². The van der Waals surface area contributed by atoms with E-state index in [0.29, 0.717) is 21.4 Å². The van der Waals surface area contributed by atoms with E-state index in [4.69, 9.17) is 27.9 Å². The maximum absolute atomic E-state index is 10.4. The molecule has 1 unspecified atom stereocenters. The SMILES string of the molecule is COc1cc(Cl)c(C(O)c2cc(Br)c(Br)s2)cc1Cl. The van der Waals surface area contributed by atoms with E-state index in [1.165, 1.54) is 18.4 Å². The van der Waals surface area contributed by atoms with Gasteiger partial charge in [-0.3, -0.25) is 0 Å². The van der Waals surface area contributed by atoms with E-state index in [2.05, 4.69) is 31.9 Å². The fourth-order valence-electron chi connectivity index (χ4n) is 1.56. The van der Waals surface area contributed by atoms with Crippen molar-refractivity contribution in [1.82, 2.24) is 0 Å². The zero-order valence-electron chi connectivity index (χ0n) is 9.58. The van der Waals surface area contributed by atoms with Crippen molar-refractivity contribution >= 4 is 66.4 Å². The lowest BCUT2D eigenvalue weighted by molar-refractivity contribution is 0.224. The number of hydrogen-bond donors (Lipinski definition) is 1. The van der Waals surface area contributed by atoms with Gasteiger partial charge in [-0.15, -0.1) is 11.3 Å². The van der Waals surface area contributed by atoms with E-state index in [9.17, 15) is 5.11 Å². The standard InChI is InChI=1S/C12H8Br2Cl2O2S/c1-18-9-4-7(15)5(2-8(9)16)11(17)10-3-6(13)12(14)19-10/h2-4,11,17H,1H3. The van der Waals surface area contributed by atoms with Crippen molar-refractivity contribution in [3.8, 4) is 5.75 Å².